The number of carbonyl (C=O) groups excluding carboxylic acids is 1. The van der Waals surface area contributed by atoms with Gasteiger partial charge in [0.15, 0.2) is 0 Å². The topological polar surface area (TPSA) is 56.1 Å². The summed E-state index contributed by atoms with van der Waals surface area (Å²) in [5.74, 6) is 1.24. The van der Waals surface area contributed by atoms with Crippen LogP contribution in [-0.4, -0.2) is 28.3 Å². The number of ether oxygens (including phenoxy) is 1. The zero-order valence-electron chi connectivity index (χ0n) is 20.3. The highest BCUT2D eigenvalue weighted by molar-refractivity contribution is 5.78. The monoisotopic (exact) mass is 435 g/mol. The number of aromatic nitrogens is 2. The average molecular weight is 436 g/mol. The van der Waals surface area contributed by atoms with Crippen molar-refractivity contribution in [3.63, 3.8) is 0 Å². The highest BCUT2D eigenvalue weighted by Gasteiger charge is 2.68. The van der Waals surface area contributed by atoms with Gasteiger partial charge < -0.3 is 10.1 Å². The first-order valence-electron chi connectivity index (χ1n) is 12.2. The molecule has 2 bridgehead atoms. The molecule has 5 nitrogen and oxygen atoms in total. The molecule has 5 heteroatoms. The van der Waals surface area contributed by atoms with Crippen LogP contribution in [0.5, 0.6) is 0 Å². The molecule has 1 saturated heterocycles. The van der Waals surface area contributed by atoms with E-state index in [4.69, 9.17) is 4.74 Å². The van der Waals surface area contributed by atoms with E-state index in [0.29, 0.717) is 11.8 Å². The van der Waals surface area contributed by atoms with Crippen LogP contribution in [0.2, 0.25) is 0 Å². The van der Waals surface area contributed by atoms with E-state index < -0.39 is 0 Å². The number of nitrogens with one attached hydrogen (secondary N) is 1. The van der Waals surface area contributed by atoms with Crippen molar-refractivity contribution in [3.05, 3.63) is 47.3 Å². The molecule has 1 aliphatic heterocycles. The maximum atomic E-state index is 12.8. The van der Waals surface area contributed by atoms with Crippen LogP contribution in [0.4, 0.5) is 0 Å². The number of carbonyl (C=O) groups is 1. The van der Waals surface area contributed by atoms with Gasteiger partial charge in [0.1, 0.15) is 0 Å². The van der Waals surface area contributed by atoms with E-state index in [-0.39, 0.29) is 34.8 Å². The number of nitrogens with zero attached hydrogens (tertiary/aromatic N) is 2. The molecule has 0 radical (unpaired) electrons. The highest BCUT2D eigenvalue weighted by Crippen LogP contribution is 2.70. The van der Waals surface area contributed by atoms with Gasteiger partial charge in [0, 0.05) is 24.3 Å². The number of hydrogen-bond donors (Lipinski definition) is 1. The van der Waals surface area contributed by atoms with Crippen LogP contribution in [0.1, 0.15) is 70.0 Å². The summed E-state index contributed by atoms with van der Waals surface area (Å²) in [6.45, 7) is 13.6. The molecule has 1 spiro atoms. The zero-order chi connectivity index (χ0) is 22.8. The number of aryl methyl sites for hydroxylation is 2. The Hall–Kier alpha value is -2.14. The van der Waals surface area contributed by atoms with E-state index in [0.717, 1.165) is 30.1 Å². The smallest absolute Gasteiger partial charge is 0.222 e. The molecule has 5 atom stereocenters. The van der Waals surface area contributed by atoms with Crippen LogP contribution < -0.4 is 5.32 Å². The van der Waals surface area contributed by atoms with Crippen molar-refractivity contribution in [2.75, 3.05) is 6.61 Å². The standard InChI is InChI=1S/C27H37N3O2/c1-16(2)24(31)28-25-26(5,6)20-14-22-23(32-11-10-27(22,25)15-20)19-8-7-9-21(13-19)30-18(4)12-17(3)29-30/h7-9,12-13,16,20,22-23,25H,10-11,14-15H2,1-6H3,(H,28,31)/t20-,22-,23-,25-,27-/m1/s1. The van der Waals surface area contributed by atoms with E-state index in [1.165, 1.54) is 18.4 Å². The van der Waals surface area contributed by atoms with E-state index in [2.05, 4.69) is 61.5 Å². The predicted octanol–water partition coefficient (Wildman–Crippen LogP) is 5.14. The van der Waals surface area contributed by atoms with Crippen molar-refractivity contribution in [1.29, 1.82) is 0 Å². The lowest BCUT2D eigenvalue weighted by Crippen LogP contribution is -2.59. The van der Waals surface area contributed by atoms with Crippen molar-refractivity contribution in [3.8, 4) is 5.69 Å². The summed E-state index contributed by atoms with van der Waals surface area (Å²) in [4.78, 5) is 12.8. The first-order chi connectivity index (χ1) is 15.1. The first kappa shape index (κ1) is 21.7. The van der Waals surface area contributed by atoms with Crippen LogP contribution in [-0.2, 0) is 9.53 Å². The lowest BCUT2D eigenvalue weighted by molar-refractivity contribution is -0.139. The maximum absolute atomic E-state index is 12.8. The largest absolute Gasteiger partial charge is 0.373 e. The second-order valence-electron chi connectivity index (χ2n) is 11.4. The molecule has 2 heterocycles. The van der Waals surface area contributed by atoms with E-state index in [1.54, 1.807) is 0 Å². The normalized spacial score (nSPS) is 32.8. The minimum absolute atomic E-state index is 0.00728. The third kappa shape index (κ3) is 3.15. The van der Waals surface area contributed by atoms with Crippen molar-refractivity contribution in [2.24, 2.45) is 28.6 Å². The van der Waals surface area contributed by atoms with Gasteiger partial charge in [0.2, 0.25) is 5.91 Å². The lowest BCUT2D eigenvalue weighted by Gasteiger charge is -2.53. The second-order valence-corrected chi connectivity index (χ2v) is 11.4. The van der Waals surface area contributed by atoms with Gasteiger partial charge in [-0.15, -0.1) is 0 Å². The molecular weight excluding hydrogens is 398 g/mol. The number of fused-ring (bicyclic) bond motifs is 1. The molecule has 1 amide bonds. The molecule has 1 N–H and O–H groups in total. The molecule has 2 aromatic rings. The quantitative estimate of drug-likeness (QED) is 0.723. The van der Waals surface area contributed by atoms with Crippen molar-refractivity contribution < 1.29 is 9.53 Å². The second kappa shape index (κ2) is 7.44. The fraction of sp³-hybridized carbons (Fsp3) is 0.630. The minimum atomic E-state index is 0.00728. The number of amides is 1. The van der Waals surface area contributed by atoms with Crippen molar-refractivity contribution in [2.45, 2.75) is 73.0 Å². The third-order valence-electron chi connectivity index (χ3n) is 8.77. The first-order valence-corrected chi connectivity index (χ1v) is 12.2. The molecule has 32 heavy (non-hydrogen) atoms. The highest BCUT2D eigenvalue weighted by atomic mass is 16.5. The van der Waals surface area contributed by atoms with E-state index >= 15 is 0 Å². The van der Waals surface area contributed by atoms with Gasteiger partial charge in [-0.1, -0.05) is 39.8 Å². The Morgan fingerprint density at radius 2 is 2.03 bits per heavy atom. The predicted molar refractivity (Wildman–Crippen MR) is 126 cm³/mol. The molecule has 1 aromatic carbocycles. The molecular formula is C27H37N3O2. The number of hydrogen-bond acceptors (Lipinski definition) is 3. The van der Waals surface area contributed by atoms with Gasteiger partial charge in [0.05, 0.1) is 17.5 Å². The average Bonchev–Trinajstić information content (AvgIpc) is 3.36. The molecule has 3 aliphatic rings. The van der Waals surface area contributed by atoms with Crippen LogP contribution in [0.3, 0.4) is 0 Å². The van der Waals surface area contributed by atoms with Gasteiger partial charge in [0.25, 0.3) is 0 Å². The zero-order valence-corrected chi connectivity index (χ0v) is 20.3. The fourth-order valence-electron chi connectivity index (χ4n) is 7.15. The molecule has 3 fully saturated rings. The number of benzene rings is 1. The fourth-order valence-corrected chi connectivity index (χ4v) is 7.15. The van der Waals surface area contributed by atoms with Crippen LogP contribution in [0, 0.1) is 42.4 Å². The summed E-state index contributed by atoms with van der Waals surface area (Å²) in [6.07, 6.45) is 3.48. The van der Waals surface area contributed by atoms with Crippen molar-refractivity contribution >= 4 is 5.91 Å². The molecule has 172 valence electrons. The lowest BCUT2D eigenvalue weighted by atomic mass is 9.58. The third-order valence-corrected chi connectivity index (χ3v) is 8.77. The maximum Gasteiger partial charge on any atom is 0.222 e. The Bertz CT molecular complexity index is 1040. The molecule has 2 aliphatic carbocycles. The van der Waals surface area contributed by atoms with Crippen LogP contribution >= 0.6 is 0 Å². The van der Waals surface area contributed by atoms with Gasteiger partial charge in [-0.3, -0.25) is 4.79 Å². The summed E-state index contributed by atoms with van der Waals surface area (Å²) in [5.41, 5.74) is 4.73. The Labute approximate surface area is 191 Å². The van der Waals surface area contributed by atoms with Gasteiger partial charge in [-0.2, -0.15) is 5.10 Å². The Morgan fingerprint density at radius 3 is 2.72 bits per heavy atom. The molecule has 2 saturated carbocycles. The van der Waals surface area contributed by atoms with Crippen molar-refractivity contribution in [1.82, 2.24) is 15.1 Å². The molecule has 5 rings (SSSR count). The SMILES string of the molecule is Cc1cc(C)n(-c2cccc([C@H]3OCC[C@@]45C[C@@H](C[C@H]34)C(C)(C)[C@H]5NC(=O)C(C)C)c2)n1. The Morgan fingerprint density at radius 1 is 1.25 bits per heavy atom. The Kier molecular flexibility index (Phi) is 5.05. The van der Waals surface area contributed by atoms with Gasteiger partial charge in [-0.25, -0.2) is 4.68 Å². The summed E-state index contributed by atoms with van der Waals surface area (Å²) in [6, 6.07) is 11.0. The Balaban J connectivity index is 1.49. The summed E-state index contributed by atoms with van der Waals surface area (Å²) >= 11 is 0. The summed E-state index contributed by atoms with van der Waals surface area (Å²) in [7, 11) is 0. The van der Waals surface area contributed by atoms with Crippen LogP contribution in [0.25, 0.3) is 5.69 Å². The van der Waals surface area contributed by atoms with E-state index in [9.17, 15) is 4.79 Å². The summed E-state index contributed by atoms with van der Waals surface area (Å²) < 4.78 is 8.50. The van der Waals surface area contributed by atoms with Gasteiger partial charge >= 0.3 is 0 Å². The summed E-state index contributed by atoms with van der Waals surface area (Å²) in [5, 5.41) is 8.18. The van der Waals surface area contributed by atoms with Crippen LogP contribution in [0.15, 0.2) is 30.3 Å². The van der Waals surface area contributed by atoms with E-state index in [1.807, 2.05) is 25.5 Å². The minimum Gasteiger partial charge on any atom is -0.373 e. The number of rotatable bonds is 4. The molecule has 0 unspecified atom stereocenters. The van der Waals surface area contributed by atoms with Gasteiger partial charge in [-0.05, 0) is 79.5 Å². The molecule has 1 aromatic heterocycles.